The lowest BCUT2D eigenvalue weighted by molar-refractivity contribution is -0.146. The van der Waals surface area contributed by atoms with Gasteiger partial charge in [-0.25, -0.2) is 0 Å². The molecule has 7 rings (SSSR count). The van der Waals surface area contributed by atoms with Gasteiger partial charge >= 0.3 is 5.97 Å². The van der Waals surface area contributed by atoms with Gasteiger partial charge in [0.25, 0.3) is 5.91 Å². The number of nitrogens with zero attached hydrogens (tertiary/aromatic N) is 3. The molecule has 1 saturated heterocycles. The second kappa shape index (κ2) is 17.2. The van der Waals surface area contributed by atoms with E-state index in [2.05, 4.69) is 77.7 Å². The number of allylic oxidation sites excluding steroid dienone is 1. The average molecular weight is 736 g/mol. The van der Waals surface area contributed by atoms with E-state index in [0.29, 0.717) is 54.6 Å². The summed E-state index contributed by atoms with van der Waals surface area (Å²) in [5.74, 6) is -1.81. The Bertz CT molecular complexity index is 2020. The lowest BCUT2D eigenvalue weighted by atomic mass is 9.75. The first-order valence-electron chi connectivity index (χ1n) is 18.8. The number of hydrogen-bond acceptors (Lipinski definition) is 5. The van der Waals surface area contributed by atoms with E-state index in [9.17, 15) is 9.59 Å². The number of rotatable bonds is 11. The van der Waals surface area contributed by atoms with E-state index in [1.165, 1.54) is 11.1 Å². The van der Waals surface area contributed by atoms with Crippen LogP contribution in [0.15, 0.2) is 162 Å². The molecule has 2 unspecified atom stereocenters. The highest BCUT2D eigenvalue weighted by Gasteiger charge is 2.43. The van der Waals surface area contributed by atoms with Crippen LogP contribution in [0.5, 0.6) is 0 Å². The normalized spacial score (nSPS) is 17.8. The minimum absolute atomic E-state index is 0.0615. The van der Waals surface area contributed by atoms with Crippen molar-refractivity contribution in [3.05, 3.63) is 190 Å². The molecule has 2 atom stereocenters. The van der Waals surface area contributed by atoms with Gasteiger partial charge in [-0.2, -0.15) is 0 Å². The van der Waals surface area contributed by atoms with E-state index in [4.69, 9.17) is 21.3 Å². The molecule has 7 heteroatoms. The van der Waals surface area contributed by atoms with Gasteiger partial charge in [0, 0.05) is 60.0 Å². The zero-order valence-corrected chi connectivity index (χ0v) is 31.6. The summed E-state index contributed by atoms with van der Waals surface area (Å²) in [7, 11) is 0. The van der Waals surface area contributed by atoms with Crippen molar-refractivity contribution in [2.45, 2.75) is 38.1 Å². The molecule has 2 heterocycles. The van der Waals surface area contributed by atoms with Gasteiger partial charge in [0.1, 0.15) is 5.92 Å². The number of carbonyl (C=O) groups excluding carboxylic acids is 2. The zero-order chi connectivity index (χ0) is 37.4. The molecule has 0 saturated carbocycles. The molecule has 54 heavy (non-hydrogen) atoms. The number of halogens is 1. The quantitative estimate of drug-likeness (QED) is 0.127. The molecule has 1 fully saturated rings. The van der Waals surface area contributed by atoms with E-state index in [1.807, 2.05) is 91.5 Å². The van der Waals surface area contributed by atoms with Gasteiger partial charge < -0.3 is 9.64 Å². The highest BCUT2D eigenvalue weighted by molar-refractivity contribution is 6.30. The Kier molecular flexibility index (Phi) is 11.8. The van der Waals surface area contributed by atoms with Crippen molar-refractivity contribution in [1.82, 2.24) is 9.80 Å². The number of ether oxygens (including phenoxy) is 1. The molecule has 6 nitrogen and oxygen atoms in total. The Morgan fingerprint density at radius 3 is 1.74 bits per heavy atom. The third kappa shape index (κ3) is 8.25. The molecule has 0 N–H and O–H groups in total. The second-order valence-corrected chi connectivity index (χ2v) is 14.6. The summed E-state index contributed by atoms with van der Waals surface area (Å²) < 4.78 is 6.13. The van der Waals surface area contributed by atoms with E-state index in [-0.39, 0.29) is 24.5 Å². The largest absolute Gasteiger partial charge is 0.465 e. The van der Waals surface area contributed by atoms with Crippen molar-refractivity contribution in [3.63, 3.8) is 0 Å². The van der Waals surface area contributed by atoms with E-state index in [1.54, 1.807) is 0 Å². The fourth-order valence-corrected chi connectivity index (χ4v) is 8.38. The molecule has 5 aromatic carbocycles. The number of piperazine rings is 1. The monoisotopic (exact) mass is 735 g/mol. The Balaban J connectivity index is 1.12. The second-order valence-electron chi connectivity index (χ2n) is 14.1. The van der Waals surface area contributed by atoms with Crippen molar-refractivity contribution in [2.75, 3.05) is 32.8 Å². The molecule has 1 amide bonds. The number of carbonyl (C=O) groups is 2. The van der Waals surface area contributed by atoms with E-state index < -0.39 is 17.8 Å². The van der Waals surface area contributed by atoms with E-state index >= 15 is 0 Å². The van der Waals surface area contributed by atoms with Gasteiger partial charge in [0.05, 0.1) is 12.6 Å². The topological polar surface area (TPSA) is 62.2 Å². The van der Waals surface area contributed by atoms with Crippen molar-refractivity contribution in [3.8, 4) is 0 Å². The summed E-state index contributed by atoms with van der Waals surface area (Å²) in [6, 6.07) is 49.2. The van der Waals surface area contributed by atoms with Gasteiger partial charge in [-0.3, -0.25) is 19.5 Å². The predicted octanol–water partition coefficient (Wildman–Crippen LogP) is 9.49. The standard InChI is InChI=1S/C47H46ClN3O3/c1-33-42(46(52)51-29-27-50(28-30-51)45(37-20-11-5-12-21-37)38-22-13-6-14-23-38)44(39-24-15-25-40(48)32-39)43(34(2)49-33)47(53)54-31-26-41(35-16-7-3-8-17-35)36-18-9-4-10-19-36/h3-25,32,41,43-45H,26-31H2,1-2H3. The molecule has 0 aromatic heterocycles. The first-order chi connectivity index (χ1) is 26.4. The van der Waals surface area contributed by atoms with Gasteiger partial charge in [-0.1, -0.05) is 145 Å². The molecule has 274 valence electrons. The van der Waals surface area contributed by atoms with Crippen LogP contribution in [0, 0.1) is 5.92 Å². The number of aliphatic imine (C=N–C) groups is 1. The van der Waals surface area contributed by atoms with Crippen LogP contribution in [0.25, 0.3) is 0 Å². The number of esters is 1. The highest BCUT2D eigenvalue weighted by atomic mass is 35.5. The maximum atomic E-state index is 14.7. The van der Waals surface area contributed by atoms with Crippen LogP contribution in [0.3, 0.4) is 0 Å². The lowest BCUT2D eigenvalue weighted by Crippen LogP contribution is -2.51. The third-order valence-corrected chi connectivity index (χ3v) is 11.0. The first kappa shape index (κ1) is 37.0. The Labute approximate surface area is 323 Å². The first-order valence-corrected chi connectivity index (χ1v) is 19.2. The molecule has 2 aliphatic heterocycles. The molecule has 0 spiro atoms. The highest BCUT2D eigenvalue weighted by Crippen LogP contribution is 2.42. The van der Waals surface area contributed by atoms with Crippen LogP contribution >= 0.6 is 11.6 Å². The lowest BCUT2D eigenvalue weighted by Gasteiger charge is -2.41. The van der Waals surface area contributed by atoms with Crippen LogP contribution in [-0.2, 0) is 14.3 Å². The Hall–Kier alpha value is -5.30. The molecule has 0 aliphatic carbocycles. The van der Waals surface area contributed by atoms with Crippen molar-refractivity contribution in [2.24, 2.45) is 10.9 Å². The summed E-state index contributed by atoms with van der Waals surface area (Å²) in [6.45, 7) is 6.45. The van der Waals surface area contributed by atoms with Crippen molar-refractivity contribution >= 4 is 29.2 Å². The maximum Gasteiger partial charge on any atom is 0.315 e. The van der Waals surface area contributed by atoms with Crippen molar-refractivity contribution in [1.29, 1.82) is 0 Å². The minimum atomic E-state index is -0.778. The Morgan fingerprint density at radius 2 is 1.22 bits per heavy atom. The van der Waals surface area contributed by atoms with Gasteiger partial charge in [-0.05, 0) is 60.2 Å². The molecular formula is C47H46ClN3O3. The smallest absolute Gasteiger partial charge is 0.315 e. The van der Waals surface area contributed by atoms with Crippen LogP contribution in [-0.4, -0.2) is 60.2 Å². The number of amides is 1. The average Bonchev–Trinajstić information content (AvgIpc) is 3.21. The SMILES string of the molecule is CC1=NC(C)=C(C(=O)N2CCN(C(c3ccccc3)c3ccccc3)CC2)C(c2cccc(Cl)c2)C1C(=O)OCCC(c1ccccc1)c1ccccc1. The summed E-state index contributed by atoms with van der Waals surface area (Å²) in [4.78, 5) is 38.2. The van der Waals surface area contributed by atoms with Gasteiger partial charge in [0.2, 0.25) is 0 Å². The number of benzene rings is 5. The van der Waals surface area contributed by atoms with E-state index in [0.717, 1.165) is 16.7 Å². The molecule has 0 bridgehead atoms. The minimum Gasteiger partial charge on any atom is -0.465 e. The predicted molar refractivity (Wildman–Crippen MR) is 217 cm³/mol. The molecular weight excluding hydrogens is 690 g/mol. The fourth-order valence-electron chi connectivity index (χ4n) is 8.18. The van der Waals surface area contributed by atoms with Gasteiger partial charge in [0.15, 0.2) is 0 Å². The molecule has 2 aliphatic rings. The third-order valence-electron chi connectivity index (χ3n) is 10.8. The Morgan fingerprint density at radius 1 is 0.704 bits per heavy atom. The summed E-state index contributed by atoms with van der Waals surface area (Å²) in [5, 5.41) is 0.541. The van der Waals surface area contributed by atoms with Crippen LogP contribution < -0.4 is 0 Å². The summed E-state index contributed by atoms with van der Waals surface area (Å²) >= 11 is 6.56. The number of hydrogen-bond donors (Lipinski definition) is 0. The molecule has 5 aromatic rings. The maximum absolute atomic E-state index is 14.7. The van der Waals surface area contributed by atoms with Crippen LogP contribution in [0.1, 0.15) is 66.0 Å². The van der Waals surface area contributed by atoms with Crippen molar-refractivity contribution < 1.29 is 14.3 Å². The summed E-state index contributed by atoms with van der Waals surface area (Å²) in [6.07, 6.45) is 0.613. The zero-order valence-electron chi connectivity index (χ0n) is 30.9. The fraction of sp³-hybridized carbons (Fsp3) is 0.255. The molecule has 0 radical (unpaired) electrons. The van der Waals surface area contributed by atoms with Crippen LogP contribution in [0.2, 0.25) is 5.02 Å². The van der Waals surface area contributed by atoms with Crippen LogP contribution in [0.4, 0.5) is 0 Å². The summed E-state index contributed by atoms with van der Waals surface area (Å²) in [5.41, 5.74) is 7.33. The van der Waals surface area contributed by atoms with Gasteiger partial charge in [-0.15, -0.1) is 0 Å².